The van der Waals surface area contributed by atoms with E-state index in [1.54, 1.807) is 0 Å². The zero-order chi connectivity index (χ0) is 31.2. The molecule has 244 valence electrons. The molecule has 1 unspecified atom stereocenters. The summed E-state index contributed by atoms with van der Waals surface area (Å²) >= 11 is 0. The molecular formula is C29H61NO9Si2. The molecule has 0 aromatic heterocycles. The van der Waals surface area contributed by atoms with Crippen molar-refractivity contribution < 1.29 is 40.8 Å². The van der Waals surface area contributed by atoms with E-state index in [1.165, 1.54) is 0 Å². The monoisotopic (exact) mass is 623 g/mol. The number of nitrogens with two attached hydrogens (primary N) is 1. The van der Waals surface area contributed by atoms with Crippen molar-refractivity contribution in [3.63, 3.8) is 0 Å². The third-order valence-electron chi connectivity index (χ3n) is 6.18. The second kappa shape index (κ2) is 22.8. The maximum absolute atomic E-state index is 6.71. The van der Waals surface area contributed by atoms with Crippen molar-refractivity contribution in [1.82, 2.24) is 0 Å². The Kier molecular flexibility index (Phi) is 22.5. The van der Waals surface area contributed by atoms with Gasteiger partial charge in [0.1, 0.15) is 4.82 Å². The molecule has 41 heavy (non-hydrogen) atoms. The van der Waals surface area contributed by atoms with Crippen LogP contribution in [-0.2, 0) is 40.8 Å². The zero-order valence-electron chi connectivity index (χ0n) is 27.5. The molecule has 0 aromatic carbocycles. The smallest absolute Gasteiger partial charge is 0.493 e. The van der Waals surface area contributed by atoms with Crippen LogP contribution < -0.4 is 5.73 Å². The second-order valence-electron chi connectivity index (χ2n) is 8.87. The fourth-order valence-electron chi connectivity index (χ4n) is 5.01. The number of rotatable bonds is 28. The highest BCUT2D eigenvalue weighted by molar-refractivity contribution is 6.92. The summed E-state index contributed by atoms with van der Waals surface area (Å²) in [5, 5.41) is 0. The summed E-state index contributed by atoms with van der Waals surface area (Å²) in [7, 11) is -7.62. The van der Waals surface area contributed by atoms with Crippen molar-refractivity contribution in [1.29, 1.82) is 0 Å². The number of allylic oxidation sites excluding steroid dienone is 1. The van der Waals surface area contributed by atoms with Crippen LogP contribution in [0.1, 0.15) is 88.0 Å². The van der Waals surface area contributed by atoms with Gasteiger partial charge in [0, 0.05) is 58.8 Å². The van der Waals surface area contributed by atoms with Crippen LogP contribution in [0.3, 0.4) is 0 Å². The molecule has 0 aliphatic carbocycles. The summed E-state index contributed by atoms with van der Waals surface area (Å²) in [5.74, 6) is -1.10. The van der Waals surface area contributed by atoms with Gasteiger partial charge < -0.3 is 46.5 Å². The molecule has 0 bridgehead atoms. The van der Waals surface area contributed by atoms with E-state index in [0.717, 1.165) is 25.7 Å². The van der Waals surface area contributed by atoms with Crippen LogP contribution >= 0.6 is 0 Å². The summed E-state index contributed by atoms with van der Waals surface area (Å²) in [6, 6.07) is 0. The maximum Gasteiger partial charge on any atom is 0.539 e. The highest BCUT2D eigenvalue weighted by Gasteiger charge is 2.67. The second-order valence-corrected chi connectivity index (χ2v) is 14.3. The van der Waals surface area contributed by atoms with Crippen LogP contribution in [-0.4, -0.2) is 89.4 Å². The van der Waals surface area contributed by atoms with Gasteiger partial charge in [-0.15, -0.1) is 6.58 Å². The summed E-state index contributed by atoms with van der Waals surface area (Å²) in [4.78, 5) is 0.501. The van der Waals surface area contributed by atoms with E-state index in [-0.39, 0.29) is 5.92 Å². The van der Waals surface area contributed by atoms with Crippen molar-refractivity contribution >= 4 is 17.6 Å². The van der Waals surface area contributed by atoms with Gasteiger partial charge in [-0.1, -0.05) is 6.08 Å². The average molecular weight is 624 g/mol. The van der Waals surface area contributed by atoms with Gasteiger partial charge in [0.15, 0.2) is 5.76 Å². The third kappa shape index (κ3) is 11.1. The summed E-state index contributed by atoms with van der Waals surface area (Å²) in [6.07, 6.45) is 4.89. The molecule has 0 amide bonds. The standard InChI is InChI=1S/C29H61NO9Si2/c1-11-21-23-26(24-22-25-30)29(32-13-3,33-14-4)27(31-12-2)28(40(34-15-5,35-16-6)36-17-7)41(37-18-8,38-19-9)39-20-10/h11,26H,1,12-25,30H2,2-10H3. The molecule has 1 atom stereocenters. The summed E-state index contributed by atoms with van der Waals surface area (Å²) in [6.45, 7) is 24.8. The molecule has 12 heteroatoms. The third-order valence-corrected chi connectivity index (χ3v) is 13.7. The van der Waals surface area contributed by atoms with Crippen molar-refractivity contribution in [2.24, 2.45) is 11.7 Å². The zero-order valence-corrected chi connectivity index (χ0v) is 29.5. The Morgan fingerprint density at radius 2 is 1.07 bits per heavy atom. The first-order valence-corrected chi connectivity index (χ1v) is 19.1. The maximum atomic E-state index is 6.71. The molecule has 0 rings (SSSR count). The Bertz CT molecular complexity index is 644. The van der Waals surface area contributed by atoms with Gasteiger partial charge in [-0.2, -0.15) is 0 Å². The van der Waals surface area contributed by atoms with E-state index < -0.39 is 23.4 Å². The Morgan fingerprint density at radius 3 is 1.37 bits per heavy atom. The van der Waals surface area contributed by atoms with Crippen molar-refractivity contribution in [3.05, 3.63) is 23.2 Å². The fourth-order valence-corrected chi connectivity index (χ4v) is 12.5. The first-order valence-electron chi connectivity index (χ1n) is 15.6. The van der Waals surface area contributed by atoms with Crippen LogP contribution in [0.5, 0.6) is 0 Å². The molecule has 0 spiro atoms. The minimum atomic E-state index is -3.81. The molecule has 0 aliphatic rings. The fraction of sp³-hybridized carbons (Fsp3) is 0.862. The Labute approximate surface area is 252 Å². The van der Waals surface area contributed by atoms with Crippen molar-refractivity contribution in [3.8, 4) is 0 Å². The molecule has 0 radical (unpaired) electrons. The molecule has 10 nitrogen and oxygen atoms in total. The number of hydrogen-bond acceptors (Lipinski definition) is 10. The Hall–Kier alpha value is -0.646. The highest BCUT2D eigenvalue weighted by atomic mass is 28.5. The van der Waals surface area contributed by atoms with E-state index in [9.17, 15) is 0 Å². The van der Waals surface area contributed by atoms with Crippen LogP contribution in [0, 0.1) is 5.92 Å². The number of hydrogen-bond donors (Lipinski definition) is 1. The lowest BCUT2D eigenvalue weighted by atomic mass is 9.87. The van der Waals surface area contributed by atoms with Gasteiger partial charge in [-0.25, -0.2) is 0 Å². The lowest BCUT2D eigenvalue weighted by Gasteiger charge is -2.45. The molecule has 0 fully saturated rings. The van der Waals surface area contributed by atoms with E-state index in [2.05, 4.69) is 6.58 Å². The molecule has 0 aliphatic heterocycles. The minimum Gasteiger partial charge on any atom is -0.493 e. The molecule has 2 N–H and O–H groups in total. The van der Waals surface area contributed by atoms with Gasteiger partial charge in [-0.05, 0) is 94.5 Å². The predicted molar refractivity (Wildman–Crippen MR) is 167 cm³/mol. The quantitative estimate of drug-likeness (QED) is 0.0516. The van der Waals surface area contributed by atoms with Gasteiger partial charge in [0.2, 0.25) is 5.79 Å². The lowest BCUT2D eigenvalue weighted by molar-refractivity contribution is -0.260. The van der Waals surface area contributed by atoms with Gasteiger partial charge >= 0.3 is 17.6 Å². The van der Waals surface area contributed by atoms with Crippen molar-refractivity contribution in [2.45, 2.75) is 93.8 Å². The molecule has 0 saturated carbocycles. The Balaban J connectivity index is 8.49. The highest BCUT2D eigenvalue weighted by Crippen LogP contribution is 2.45. The van der Waals surface area contributed by atoms with E-state index in [1.807, 2.05) is 68.4 Å². The number of ether oxygens (including phenoxy) is 3. The van der Waals surface area contributed by atoms with Crippen LogP contribution in [0.15, 0.2) is 23.2 Å². The van der Waals surface area contributed by atoms with Crippen LogP contribution in [0.25, 0.3) is 0 Å². The summed E-state index contributed by atoms with van der Waals surface area (Å²) < 4.78 is 59.3. The van der Waals surface area contributed by atoms with E-state index >= 15 is 0 Å². The SMILES string of the molecule is C=CCCC(CCCN)C(OCC)(OCC)C(OCC)=C([Si](OCC)(OCC)OCC)[Si](OCC)(OCC)OCC. The van der Waals surface area contributed by atoms with Crippen LogP contribution in [0.4, 0.5) is 0 Å². The van der Waals surface area contributed by atoms with Crippen LogP contribution in [0.2, 0.25) is 0 Å². The normalized spacial score (nSPS) is 13.3. The summed E-state index contributed by atoms with van der Waals surface area (Å²) in [5.41, 5.74) is 6.02. The topological polar surface area (TPSA) is 109 Å². The van der Waals surface area contributed by atoms with Gasteiger partial charge in [0.25, 0.3) is 0 Å². The van der Waals surface area contributed by atoms with Gasteiger partial charge in [0.05, 0.1) is 6.61 Å². The van der Waals surface area contributed by atoms with E-state index in [4.69, 9.17) is 46.5 Å². The first-order chi connectivity index (χ1) is 19.8. The van der Waals surface area contributed by atoms with Crippen molar-refractivity contribution in [2.75, 3.05) is 66.0 Å². The first kappa shape index (κ1) is 40.4. The van der Waals surface area contributed by atoms with E-state index in [0.29, 0.717) is 76.6 Å². The lowest BCUT2D eigenvalue weighted by Crippen LogP contribution is -2.64. The molecular weight excluding hydrogens is 562 g/mol. The Morgan fingerprint density at radius 1 is 0.659 bits per heavy atom. The van der Waals surface area contributed by atoms with Gasteiger partial charge in [-0.3, -0.25) is 0 Å². The molecule has 0 saturated heterocycles. The minimum absolute atomic E-state index is 0.159. The molecule has 0 heterocycles. The largest absolute Gasteiger partial charge is 0.539 e. The average Bonchev–Trinajstić information content (AvgIpc) is 2.93. The molecule has 0 aromatic rings. The predicted octanol–water partition coefficient (Wildman–Crippen LogP) is 5.54.